The molecule has 6 atom stereocenters. The van der Waals surface area contributed by atoms with Crippen molar-refractivity contribution < 1.29 is 33.8 Å². The molecule has 3 aliphatic rings. The lowest BCUT2D eigenvalue weighted by Crippen LogP contribution is -2.52. The predicted octanol–water partition coefficient (Wildman–Crippen LogP) is 7.30. The zero-order valence-electron chi connectivity index (χ0n) is 34.5. The zero-order valence-corrected chi connectivity index (χ0v) is 34.5. The second kappa shape index (κ2) is 15.6. The summed E-state index contributed by atoms with van der Waals surface area (Å²) in [5.74, 6) is 1.65. The molecule has 0 spiro atoms. The number of fused-ring (bicyclic) bond motifs is 6. The van der Waals surface area contributed by atoms with Crippen molar-refractivity contribution in [2.24, 2.45) is 17.8 Å². The van der Waals surface area contributed by atoms with Crippen LogP contribution >= 0.6 is 0 Å². The maximum atomic E-state index is 13.9. The zero-order chi connectivity index (χ0) is 41.9. The van der Waals surface area contributed by atoms with Crippen LogP contribution in [0.3, 0.4) is 0 Å². The Balaban J connectivity index is 1.05. The molecule has 3 aliphatic heterocycles. The molecule has 59 heavy (non-hydrogen) atoms. The number of carboxylic acid groups (broad SMARTS) is 1. The predicted molar refractivity (Wildman–Crippen MR) is 221 cm³/mol. The van der Waals surface area contributed by atoms with Gasteiger partial charge in [-0.1, -0.05) is 52.8 Å². The van der Waals surface area contributed by atoms with Gasteiger partial charge in [0.2, 0.25) is 11.8 Å². The fourth-order valence-corrected chi connectivity index (χ4v) is 9.14. The van der Waals surface area contributed by atoms with Crippen molar-refractivity contribution in [2.45, 2.75) is 97.6 Å². The highest BCUT2D eigenvalue weighted by molar-refractivity contribution is 6.07. The van der Waals surface area contributed by atoms with Gasteiger partial charge in [-0.05, 0) is 90.3 Å². The number of alkyl carbamates (subject to hydrolysis) is 1. The molecule has 5 N–H and O–H groups in total. The van der Waals surface area contributed by atoms with Crippen molar-refractivity contribution in [1.82, 2.24) is 40.4 Å². The number of rotatable bonds is 9. The van der Waals surface area contributed by atoms with Crippen molar-refractivity contribution >= 4 is 45.8 Å². The lowest BCUT2D eigenvalue weighted by atomic mass is 9.92. The summed E-state index contributed by atoms with van der Waals surface area (Å²) in [5, 5.41) is 16.5. The summed E-state index contributed by atoms with van der Waals surface area (Å²) in [5.41, 5.74) is 6.50. The van der Waals surface area contributed by atoms with E-state index < -0.39 is 24.3 Å². The molecule has 310 valence electrons. The second-order valence-electron chi connectivity index (χ2n) is 17.1. The number of H-pyrrole nitrogens is 2. The molecule has 2 fully saturated rings. The molecule has 15 nitrogen and oxygen atoms in total. The van der Waals surface area contributed by atoms with E-state index in [0.717, 1.165) is 74.8 Å². The molecule has 2 aromatic heterocycles. The van der Waals surface area contributed by atoms with Crippen LogP contribution in [0.4, 0.5) is 9.59 Å². The molecule has 0 saturated carbocycles. The first-order chi connectivity index (χ1) is 28.2. The number of imidazole rings is 2. The van der Waals surface area contributed by atoms with E-state index in [2.05, 4.69) is 63.9 Å². The highest BCUT2D eigenvalue weighted by Crippen LogP contribution is 2.44. The first-order valence-corrected chi connectivity index (χ1v) is 20.5. The van der Waals surface area contributed by atoms with E-state index in [1.165, 1.54) is 7.11 Å². The standard InChI is InChI=1S/C44H52N8O7/c1-21(2)36(50-44(57)58-7)41(53)51-19-23(5)14-34(51)40-46-31-12-10-25-16-30-28-11-9-26(15-27(28)20-59-35(30)17-29(25)38(31)48-40)32-18-45-39(47-32)33-13-8-24(6)52(33)42(54)37(22(3)4)49-43(55)56/h9-12,15-18,21-24,33-34,36-37,49H,8,13-14,19-20H2,1-7H3,(H,45,47)(H,46,48)(H,50,57)(H,55,56)/t23-,24-,33-,34-,36-,37-/m0/s1. The Kier molecular flexibility index (Phi) is 10.5. The first kappa shape index (κ1) is 39.7. The molecule has 0 bridgehead atoms. The van der Waals surface area contributed by atoms with Crippen molar-refractivity contribution in [1.29, 1.82) is 0 Å². The number of aromatic nitrogens is 4. The smallest absolute Gasteiger partial charge is 0.407 e. The van der Waals surface area contributed by atoms with Gasteiger partial charge in [-0.25, -0.2) is 19.6 Å². The lowest BCUT2D eigenvalue weighted by Gasteiger charge is -2.32. The van der Waals surface area contributed by atoms with E-state index >= 15 is 0 Å². The number of likely N-dealkylation sites (tertiary alicyclic amines) is 2. The highest BCUT2D eigenvalue weighted by Gasteiger charge is 2.42. The maximum Gasteiger partial charge on any atom is 0.407 e. The summed E-state index contributed by atoms with van der Waals surface area (Å²) >= 11 is 0. The Bertz CT molecular complexity index is 2460. The van der Waals surface area contributed by atoms with Gasteiger partial charge in [-0.15, -0.1) is 0 Å². The maximum absolute atomic E-state index is 13.9. The van der Waals surface area contributed by atoms with Crippen LogP contribution in [-0.4, -0.2) is 90.6 Å². The fourth-order valence-electron chi connectivity index (χ4n) is 9.14. The molecule has 3 aromatic carbocycles. The third-order valence-corrected chi connectivity index (χ3v) is 12.2. The van der Waals surface area contributed by atoms with Crippen LogP contribution in [-0.2, 0) is 20.9 Å². The summed E-state index contributed by atoms with van der Waals surface area (Å²) < 4.78 is 11.2. The molecule has 0 unspecified atom stereocenters. The third-order valence-electron chi connectivity index (χ3n) is 12.2. The number of carbonyl (C=O) groups excluding carboxylic acids is 3. The number of nitrogens with one attached hydrogen (secondary N) is 4. The number of aromatic amines is 2. The number of hydrogen-bond donors (Lipinski definition) is 5. The molecule has 5 aromatic rings. The number of nitrogens with zero attached hydrogens (tertiary/aromatic N) is 4. The van der Waals surface area contributed by atoms with Crippen LogP contribution in [0.1, 0.15) is 90.1 Å². The van der Waals surface area contributed by atoms with E-state index in [9.17, 15) is 24.3 Å². The first-order valence-electron chi connectivity index (χ1n) is 20.5. The van der Waals surface area contributed by atoms with Gasteiger partial charge in [0.1, 0.15) is 36.1 Å². The summed E-state index contributed by atoms with van der Waals surface area (Å²) in [4.78, 5) is 71.6. The van der Waals surface area contributed by atoms with Gasteiger partial charge < -0.3 is 45.0 Å². The van der Waals surface area contributed by atoms with Crippen LogP contribution < -0.4 is 15.4 Å². The van der Waals surface area contributed by atoms with Gasteiger partial charge in [-0.3, -0.25) is 9.59 Å². The van der Waals surface area contributed by atoms with Crippen molar-refractivity contribution in [3.8, 4) is 28.1 Å². The van der Waals surface area contributed by atoms with Crippen molar-refractivity contribution in [3.05, 3.63) is 65.9 Å². The monoisotopic (exact) mass is 804 g/mol. The van der Waals surface area contributed by atoms with Crippen molar-refractivity contribution in [3.63, 3.8) is 0 Å². The highest BCUT2D eigenvalue weighted by atomic mass is 16.5. The summed E-state index contributed by atoms with van der Waals surface area (Å²) in [7, 11) is 1.29. The van der Waals surface area contributed by atoms with Crippen LogP contribution in [0, 0.1) is 17.8 Å². The average molecular weight is 805 g/mol. The molecule has 4 amide bonds. The minimum atomic E-state index is -1.22. The Morgan fingerprint density at radius 2 is 1.66 bits per heavy atom. The van der Waals surface area contributed by atoms with Gasteiger partial charge in [0.05, 0.1) is 42.1 Å². The number of carbonyl (C=O) groups is 4. The second-order valence-corrected chi connectivity index (χ2v) is 17.1. The molecular weight excluding hydrogens is 753 g/mol. The Labute approximate surface area is 342 Å². The largest absolute Gasteiger partial charge is 0.488 e. The minimum Gasteiger partial charge on any atom is -0.488 e. The molecule has 15 heteroatoms. The van der Waals surface area contributed by atoms with E-state index in [4.69, 9.17) is 19.4 Å². The molecule has 0 aliphatic carbocycles. The molecular formula is C44H52N8O7. The summed E-state index contributed by atoms with van der Waals surface area (Å²) in [6, 6.07) is 12.4. The fraction of sp³-hybridized carbons (Fsp3) is 0.455. The van der Waals surface area contributed by atoms with Gasteiger partial charge in [-0.2, -0.15) is 0 Å². The minimum absolute atomic E-state index is 0.0564. The Morgan fingerprint density at radius 1 is 0.898 bits per heavy atom. The van der Waals surface area contributed by atoms with E-state index in [1.54, 1.807) is 11.1 Å². The molecule has 8 rings (SSSR count). The number of hydrogen-bond acceptors (Lipinski definition) is 8. The lowest BCUT2D eigenvalue weighted by molar-refractivity contribution is -0.137. The number of ether oxygens (including phenoxy) is 2. The number of benzene rings is 3. The van der Waals surface area contributed by atoms with Crippen LogP contribution in [0.25, 0.3) is 44.2 Å². The quantitative estimate of drug-likeness (QED) is 0.102. The summed E-state index contributed by atoms with van der Waals surface area (Å²) in [6.45, 7) is 12.5. The topological polar surface area (TPSA) is 195 Å². The van der Waals surface area contributed by atoms with Crippen LogP contribution in [0.5, 0.6) is 5.75 Å². The third kappa shape index (κ3) is 7.31. The molecule has 5 heterocycles. The van der Waals surface area contributed by atoms with E-state index in [1.807, 2.05) is 45.6 Å². The van der Waals surface area contributed by atoms with Crippen LogP contribution in [0.15, 0.2) is 48.7 Å². The van der Waals surface area contributed by atoms with Gasteiger partial charge in [0, 0.05) is 23.5 Å². The normalized spacial score (nSPS) is 21.0. The molecule has 2 saturated heterocycles. The van der Waals surface area contributed by atoms with Gasteiger partial charge in [0.25, 0.3) is 0 Å². The Hall–Kier alpha value is -6.12. The van der Waals surface area contributed by atoms with Gasteiger partial charge >= 0.3 is 12.2 Å². The summed E-state index contributed by atoms with van der Waals surface area (Å²) in [6.07, 6.45) is 2.19. The number of amides is 4. The average Bonchev–Trinajstić information content (AvgIpc) is 4.03. The Morgan fingerprint density at radius 3 is 2.39 bits per heavy atom. The number of methoxy groups -OCH3 is 1. The molecule has 0 radical (unpaired) electrons. The van der Waals surface area contributed by atoms with E-state index in [0.29, 0.717) is 24.8 Å². The SMILES string of the molecule is COC(=O)N[C@H](C(=O)N1C[C@@H](C)C[C@H]1c1nc2c(ccc3cc4c(cc32)OCc2cc(-c3cnc([C@@H]5CC[C@H](C)N5C(=O)[C@@H](NC(=O)O)C(C)C)[nH]3)ccc2-4)[nH]1)C(C)C. The van der Waals surface area contributed by atoms with E-state index in [-0.39, 0.29) is 47.7 Å². The van der Waals surface area contributed by atoms with Crippen LogP contribution in [0.2, 0.25) is 0 Å². The van der Waals surface area contributed by atoms with Crippen molar-refractivity contribution in [2.75, 3.05) is 13.7 Å². The van der Waals surface area contributed by atoms with Gasteiger partial charge in [0.15, 0.2) is 0 Å².